The fourth-order valence-corrected chi connectivity index (χ4v) is 3.93. The zero-order valence-corrected chi connectivity index (χ0v) is 17.7. The monoisotopic (exact) mass is 451 g/mol. The topological polar surface area (TPSA) is 65.2 Å². The quantitative estimate of drug-likeness (QED) is 0.618. The lowest BCUT2D eigenvalue weighted by Crippen LogP contribution is -2.48. The van der Waals surface area contributed by atoms with Gasteiger partial charge in [0.15, 0.2) is 0 Å². The number of aromatic amines is 1. The van der Waals surface area contributed by atoms with Crippen LogP contribution in [0, 0.1) is 0 Å². The van der Waals surface area contributed by atoms with E-state index in [0.717, 1.165) is 16.4 Å². The molecule has 0 saturated heterocycles. The van der Waals surface area contributed by atoms with Crippen LogP contribution in [0.1, 0.15) is 29.3 Å². The fraction of sp³-hybridized carbons (Fsp3) is 0.217. The van der Waals surface area contributed by atoms with Gasteiger partial charge in [0.25, 0.3) is 5.91 Å². The Morgan fingerprint density at radius 2 is 1.90 bits per heavy atom. The Morgan fingerprint density at radius 3 is 2.62 bits per heavy atom. The van der Waals surface area contributed by atoms with E-state index in [1.54, 1.807) is 24.0 Å². The molecule has 1 aliphatic rings. The largest absolute Gasteiger partial charge is 0.361 e. The highest BCUT2D eigenvalue weighted by Gasteiger charge is 2.24. The average Bonchev–Trinajstić information content (AvgIpc) is 3.18. The molecular formula is C23H22BrN3O2. The molecule has 2 heterocycles. The number of rotatable bonds is 4. The van der Waals surface area contributed by atoms with E-state index in [2.05, 4.69) is 44.4 Å². The van der Waals surface area contributed by atoms with E-state index < -0.39 is 6.04 Å². The van der Waals surface area contributed by atoms with Gasteiger partial charge < -0.3 is 15.2 Å². The van der Waals surface area contributed by atoms with Crippen LogP contribution >= 0.6 is 15.9 Å². The van der Waals surface area contributed by atoms with Crippen molar-refractivity contribution >= 4 is 44.2 Å². The van der Waals surface area contributed by atoms with Gasteiger partial charge in [-0.2, -0.15) is 0 Å². The second kappa shape index (κ2) is 8.25. The Labute approximate surface area is 177 Å². The first kappa shape index (κ1) is 19.5. The van der Waals surface area contributed by atoms with E-state index in [0.29, 0.717) is 18.7 Å². The summed E-state index contributed by atoms with van der Waals surface area (Å²) in [5.41, 5.74) is 4.10. The molecule has 148 valence electrons. The number of carbonyl (C=O) groups is 2. The molecule has 2 N–H and O–H groups in total. The first-order valence-electron chi connectivity index (χ1n) is 9.63. The predicted molar refractivity (Wildman–Crippen MR) is 119 cm³/mol. The second-order valence-corrected chi connectivity index (χ2v) is 8.13. The number of carbonyl (C=O) groups excluding carboxylic acids is 2. The van der Waals surface area contributed by atoms with Crippen LogP contribution in [0.2, 0.25) is 0 Å². The molecule has 1 unspecified atom stereocenters. The smallest absolute Gasteiger partial charge is 0.251 e. The maximum Gasteiger partial charge on any atom is 0.251 e. The molecule has 1 atom stereocenters. The highest BCUT2D eigenvalue weighted by atomic mass is 79.9. The Kier molecular flexibility index (Phi) is 5.53. The summed E-state index contributed by atoms with van der Waals surface area (Å²) in [4.78, 5) is 30.3. The lowest BCUT2D eigenvalue weighted by atomic mass is 9.98. The van der Waals surface area contributed by atoms with E-state index in [4.69, 9.17) is 0 Å². The third kappa shape index (κ3) is 4.12. The summed E-state index contributed by atoms with van der Waals surface area (Å²) in [6, 6.07) is 14.7. The molecule has 0 spiro atoms. The van der Waals surface area contributed by atoms with Crippen molar-refractivity contribution in [2.45, 2.75) is 19.4 Å². The highest BCUT2D eigenvalue weighted by Crippen LogP contribution is 2.29. The number of benzene rings is 2. The number of H-pyrrole nitrogens is 1. The number of amides is 2. The molecule has 1 aromatic heterocycles. The van der Waals surface area contributed by atoms with E-state index in [9.17, 15) is 9.59 Å². The molecule has 0 radical (unpaired) electrons. The van der Waals surface area contributed by atoms with Gasteiger partial charge >= 0.3 is 0 Å². The molecule has 3 aromatic rings. The molecule has 4 rings (SSSR count). The molecule has 0 aliphatic carbocycles. The first-order chi connectivity index (χ1) is 14.0. The number of halogens is 1. The van der Waals surface area contributed by atoms with Crippen molar-refractivity contribution in [3.8, 4) is 0 Å². The van der Waals surface area contributed by atoms with Gasteiger partial charge in [0.05, 0.1) is 0 Å². The Hall–Kier alpha value is -2.86. The fourth-order valence-electron chi connectivity index (χ4n) is 3.67. The third-order valence-electron chi connectivity index (χ3n) is 5.28. The molecular weight excluding hydrogens is 430 g/mol. The summed E-state index contributed by atoms with van der Waals surface area (Å²) in [6.45, 7) is 2.92. The molecule has 1 aliphatic heterocycles. The van der Waals surface area contributed by atoms with Gasteiger partial charge in [-0.15, -0.1) is 0 Å². The maximum atomic E-state index is 12.8. The number of aromatic nitrogens is 1. The van der Waals surface area contributed by atoms with Gasteiger partial charge in [0, 0.05) is 45.8 Å². The normalized spacial score (nSPS) is 15.1. The molecule has 2 amide bonds. The first-order valence-corrected chi connectivity index (χ1v) is 10.4. The van der Waals surface area contributed by atoms with E-state index in [1.807, 2.05) is 30.5 Å². The second-order valence-electron chi connectivity index (χ2n) is 7.21. The van der Waals surface area contributed by atoms with Crippen molar-refractivity contribution < 1.29 is 9.59 Å². The van der Waals surface area contributed by atoms with Gasteiger partial charge in [-0.05, 0) is 49.2 Å². The van der Waals surface area contributed by atoms with Crippen LogP contribution < -0.4 is 5.32 Å². The minimum Gasteiger partial charge on any atom is -0.361 e. The number of para-hydroxylation sites is 1. The number of nitrogens with one attached hydrogen (secondary N) is 2. The Morgan fingerprint density at radius 1 is 1.14 bits per heavy atom. The highest BCUT2D eigenvalue weighted by molar-refractivity contribution is 9.10. The molecule has 0 fully saturated rings. The van der Waals surface area contributed by atoms with E-state index in [1.165, 1.54) is 16.5 Å². The standard InChI is InChI=1S/C23H22BrN3O2/c1-15(26-22(28)17-6-8-18(24)9-7-17)23(29)27-12-10-16(11-13-27)20-14-25-21-5-3-2-4-19(20)21/h2-10,14-15,25H,11-13H2,1H3,(H,26,28). The molecule has 6 heteroatoms. The van der Waals surface area contributed by atoms with Crippen LogP contribution in [-0.4, -0.2) is 40.8 Å². The number of nitrogens with zero attached hydrogens (tertiary/aromatic N) is 1. The van der Waals surface area contributed by atoms with Crippen LogP contribution in [0.3, 0.4) is 0 Å². The molecule has 2 aromatic carbocycles. The molecule has 5 nitrogen and oxygen atoms in total. The number of hydrogen-bond donors (Lipinski definition) is 2. The summed E-state index contributed by atoms with van der Waals surface area (Å²) in [6.07, 6.45) is 4.94. The van der Waals surface area contributed by atoms with Gasteiger partial charge in [-0.25, -0.2) is 0 Å². The van der Waals surface area contributed by atoms with Crippen LogP contribution in [0.25, 0.3) is 16.5 Å². The summed E-state index contributed by atoms with van der Waals surface area (Å²) in [7, 11) is 0. The molecule has 0 bridgehead atoms. The Balaban J connectivity index is 1.40. The Bertz CT molecular complexity index is 1080. The van der Waals surface area contributed by atoms with Crippen molar-refractivity contribution in [2.75, 3.05) is 13.1 Å². The number of fused-ring (bicyclic) bond motifs is 1. The zero-order valence-electron chi connectivity index (χ0n) is 16.1. The van der Waals surface area contributed by atoms with Crippen molar-refractivity contribution in [1.82, 2.24) is 15.2 Å². The summed E-state index contributed by atoms with van der Waals surface area (Å²) in [5.74, 6) is -0.310. The van der Waals surface area contributed by atoms with E-state index in [-0.39, 0.29) is 11.8 Å². The summed E-state index contributed by atoms with van der Waals surface area (Å²) in [5, 5.41) is 4.01. The number of hydrogen-bond acceptors (Lipinski definition) is 2. The molecule has 0 saturated carbocycles. The lowest BCUT2D eigenvalue weighted by molar-refractivity contribution is -0.132. The minimum absolute atomic E-state index is 0.0651. The lowest BCUT2D eigenvalue weighted by Gasteiger charge is -2.29. The van der Waals surface area contributed by atoms with Crippen LogP contribution in [0.15, 0.2) is 65.3 Å². The van der Waals surface area contributed by atoms with Crippen LogP contribution in [0.4, 0.5) is 0 Å². The van der Waals surface area contributed by atoms with Crippen molar-refractivity contribution in [1.29, 1.82) is 0 Å². The van der Waals surface area contributed by atoms with Crippen LogP contribution in [-0.2, 0) is 4.79 Å². The minimum atomic E-state index is -0.575. The van der Waals surface area contributed by atoms with Gasteiger partial charge in [-0.1, -0.05) is 40.2 Å². The summed E-state index contributed by atoms with van der Waals surface area (Å²) >= 11 is 3.35. The molecule has 29 heavy (non-hydrogen) atoms. The summed E-state index contributed by atoms with van der Waals surface area (Å²) < 4.78 is 0.907. The third-order valence-corrected chi connectivity index (χ3v) is 5.81. The predicted octanol–water partition coefficient (Wildman–Crippen LogP) is 4.36. The van der Waals surface area contributed by atoms with Gasteiger partial charge in [-0.3, -0.25) is 9.59 Å². The van der Waals surface area contributed by atoms with Crippen molar-refractivity contribution in [2.24, 2.45) is 0 Å². The zero-order chi connectivity index (χ0) is 20.4. The average molecular weight is 452 g/mol. The van der Waals surface area contributed by atoms with E-state index >= 15 is 0 Å². The van der Waals surface area contributed by atoms with Crippen molar-refractivity contribution in [3.63, 3.8) is 0 Å². The van der Waals surface area contributed by atoms with Gasteiger partial charge in [0.2, 0.25) is 5.91 Å². The van der Waals surface area contributed by atoms with Crippen molar-refractivity contribution in [3.05, 3.63) is 76.4 Å². The SMILES string of the molecule is CC(NC(=O)c1ccc(Br)cc1)C(=O)N1CC=C(c2c[nH]c3ccccc23)CC1. The van der Waals surface area contributed by atoms with Crippen LogP contribution in [0.5, 0.6) is 0 Å². The van der Waals surface area contributed by atoms with Gasteiger partial charge in [0.1, 0.15) is 6.04 Å². The maximum absolute atomic E-state index is 12.8.